The first-order valence-electron chi connectivity index (χ1n) is 36.3. The zero-order chi connectivity index (χ0) is 70.6. The molecule has 9 rings (SSSR count). The van der Waals surface area contributed by atoms with Crippen LogP contribution in [0.3, 0.4) is 0 Å². The minimum atomic E-state index is -4.37. The third kappa shape index (κ3) is 23.1. The number of anilines is 1. The van der Waals surface area contributed by atoms with E-state index in [0.717, 1.165) is 49.7 Å². The summed E-state index contributed by atoms with van der Waals surface area (Å²) in [6.07, 6.45) is 37.1. The van der Waals surface area contributed by atoms with Gasteiger partial charge in [-0.1, -0.05) is 268 Å². The van der Waals surface area contributed by atoms with Crippen LogP contribution in [0.4, 0.5) is 5.69 Å². The molecule has 2 aliphatic heterocycles. The lowest BCUT2D eigenvalue weighted by Crippen LogP contribution is -2.29. The van der Waals surface area contributed by atoms with E-state index < -0.39 is 31.8 Å². The van der Waals surface area contributed by atoms with Gasteiger partial charge in [-0.05, 0) is 116 Å². The van der Waals surface area contributed by atoms with Crippen LogP contribution >= 0.6 is 77.2 Å². The maximum atomic E-state index is 13.8. The molecule has 3 aromatic heterocycles. The number of nitrogens with one attached hydrogen (secondary N) is 3. The van der Waals surface area contributed by atoms with Gasteiger partial charge in [0.15, 0.2) is 0 Å². The average molecular weight is 1500 g/mol. The molecule has 5 heterocycles. The zero-order valence-corrected chi connectivity index (χ0v) is 63.3. The minimum absolute atomic E-state index is 0.154. The normalized spacial score (nSPS) is 12.8. The van der Waals surface area contributed by atoms with Crippen molar-refractivity contribution in [3.63, 3.8) is 0 Å². The molecule has 0 amide bonds. The summed E-state index contributed by atoms with van der Waals surface area (Å²) < 4.78 is 30.9. The van der Waals surface area contributed by atoms with E-state index in [0.29, 0.717) is 127 Å². The van der Waals surface area contributed by atoms with E-state index in [-0.39, 0.29) is 32.6 Å². The van der Waals surface area contributed by atoms with Crippen molar-refractivity contribution in [2.45, 2.75) is 200 Å². The zero-order valence-electron chi connectivity index (χ0n) is 57.8. The molecule has 0 saturated carbocycles. The molecule has 4 N–H and O–H groups in total. The van der Waals surface area contributed by atoms with E-state index in [1.807, 2.05) is 72.8 Å². The third-order valence-electron chi connectivity index (χ3n) is 18.4. The molecule has 100 heavy (non-hydrogen) atoms. The standard InChI is InChI=1S/C81H96Cl6N5O7P/c1-3-5-7-9-11-13-15-17-19-21-23-25-27-38-73(93)97-54-58(99-74(94)39-28-26-24-22-20-18-16-14-12-10-8-6-4-2)55-100(95,96)98-53-52-88-57-42-40-56(41-43-57)75-65-44-46-67(89-65)79(76-59(82)32-29-33-60(76)83)69-48-50-71(91-69)81(78-63(86)36-31-37-64(78)87)72-51-49-70(92-72)80(68-47-45-66(75)90-68)77-61(84)34-30-35-62(77)85/h29-37,40-51,58,88-89,92H,3-28,38-39,52-55H2,1-2H3,(H,95,96). The van der Waals surface area contributed by atoms with Crippen LogP contribution < -0.4 is 5.32 Å². The number of hydrogen-bond acceptors (Lipinski definition) is 9. The van der Waals surface area contributed by atoms with Crippen LogP contribution in [0.1, 0.15) is 216 Å². The monoisotopic (exact) mass is 1490 g/mol. The van der Waals surface area contributed by atoms with Crippen LogP contribution in [-0.2, 0) is 28.2 Å². The number of unbranched alkanes of at least 4 members (excludes halogenated alkanes) is 24. The Bertz CT molecular complexity index is 4020. The van der Waals surface area contributed by atoms with Crippen molar-refractivity contribution in [2.24, 2.45) is 0 Å². The molecule has 8 bridgehead atoms. The minimum Gasteiger partial charge on any atom is -0.462 e. The summed E-state index contributed by atoms with van der Waals surface area (Å²) in [5.41, 5.74) is 10.9. The lowest BCUT2D eigenvalue weighted by molar-refractivity contribution is -0.158. The Morgan fingerprint density at radius 1 is 0.440 bits per heavy atom. The summed E-state index contributed by atoms with van der Waals surface area (Å²) in [5, 5.41) is 5.84. The van der Waals surface area contributed by atoms with Crippen molar-refractivity contribution in [1.29, 1.82) is 0 Å². The van der Waals surface area contributed by atoms with Gasteiger partial charge in [-0.25, -0.2) is 9.97 Å². The van der Waals surface area contributed by atoms with Gasteiger partial charge in [0.05, 0.1) is 65.7 Å². The second-order valence-corrected chi connectivity index (χ2v) is 30.6. The lowest BCUT2D eigenvalue weighted by Gasteiger charge is -2.21. The molecular formula is C81H96Cl6N5O7P. The van der Waals surface area contributed by atoms with Crippen LogP contribution in [0.15, 0.2) is 103 Å². The third-order valence-corrected chi connectivity index (χ3v) is 21.8. The van der Waals surface area contributed by atoms with Crippen LogP contribution in [-0.4, -0.2) is 68.8 Å². The van der Waals surface area contributed by atoms with Crippen LogP contribution in [0.5, 0.6) is 0 Å². The number of H-pyrrole nitrogens is 2. The SMILES string of the molecule is CCCCCCCCCCCCCCCC(=O)OCC(CP(=O)(O)OCCNc1ccc(-c2c3nc(c(-c4c(Cl)cccc4Cl)c4ccc([nH]4)c(-c4c(Cl)cccc4Cl)c4nc(c(-c5c(Cl)cccc5Cl)c5ccc2[nH]5)C=C4)C=C3)cc1)OC(=O)CCCCCCCCCCCCCCC. The topological polar surface area (TPSA) is 169 Å². The van der Waals surface area contributed by atoms with Crippen molar-refractivity contribution in [1.82, 2.24) is 19.9 Å². The summed E-state index contributed by atoms with van der Waals surface area (Å²) in [6.45, 7) is 4.15. The molecule has 0 fully saturated rings. The predicted octanol–water partition coefficient (Wildman–Crippen LogP) is 26.3. The number of rotatable bonds is 42. The second-order valence-electron chi connectivity index (χ2n) is 26.2. The Morgan fingerprint density at radius 3 is 1.14 bits per heavy atom. The number of halogens is 6. The fourth-order valence-corrected chi connectivity index (χ4v) is 16.1. The maximum absolute atomic E-state index is 13.8. The van der Waals surface area contributed by atoms with E-state index in [1.165, 1.54) is 116 Å². The number of benzene rings is 4. The van der Waals surface area contributed by atoms with Crippen molar-refractivity contribution in [2.75, 3.05) is 31.2 Å². The molecule has 534 valence electrons. The summed E-state index contributed by atoms with van der Waals surface area (Å²) >= 11 is 42.5. The smallest absolute Gasteiger partial charge is 0.332 e. The second kappa shape index (κ2) is 40.8. The number of aromatic nitrogens is 4. The number of ether oxygens (including phenoxy) is 2. The first-order valence-corrected chi connectivity index (χ1v) is 40.3. The van der Waals surface area contributed by atoms with Gasteiger partial charge in [-0.3, -0.25) is 14.2 Å². The summed E-state index contributed by atoms with van der Waals surface area (Å²) in [5.74, 6) is -0.919. The lowest BCUT2D eigenvalue weighted by atomic mass is 10.0. The van der Waals surface area contributed by atoms with E-state index in [9.17, 15) is 19.0 Å². The molecule has 2 unspecified atom stereocenters. The van der Waals surface area contributed by atoms with Crippen molar-refractivity contribution in [3.05, 3.63) is 156 Å². The van der Waals surface area contributed by atoms with E-state index >= 15 is 0 Å². The van der Waals surface area contributed by atoms with Gasteiger partial charge >= 0.3 is 19.5 Å². The first-order chi connectivity index (χ1) is 48.6. The van der Waals surface area contributed by atoms with Gasteiger partial charge in [0.1, 0.15) is 12.7 Å². The van der Waals surface area contributed by atoms with Crippen LogP contribution in [0.25, 0.3) is 90.9 Å². The van der Waals surface area contributed by atoms with Gasteiger partial charge < -0.3 is 34.2 Å². The molecule has 2 atom stereocenters. The number of fused-ring (bicyclic) bond motifs is 8. The van der Waals surface area contributed by atoms with Gasteiger partial charge in [-0.15, -0.1) is 0 Å². The molecule has 0 aliphatic carbocycles. The average Bonchev–Trinajstić information content (AvgIpc) is 1.59. The molecular weight excluding hydrogens is 1400 g/mol. The van der Waals surface area contributed by atoms with Crippen LogP contribution in [0, 0.1) is 0 Å². The predicted molar refractivity (Wildman–Crippen MR) is 421 cm³/mol. The Hall–Kier alpha value is -5.89. The number of aromatic amines is 2. The van der Waals surface area contributed by atoms with Gasteiger partial charge in [0.2, 0.25) is 0 Å². The number of hydrogen-bond donors (Lipinski definition) is 4. The highest BCUT2D eigenvalue weighted by Gasteiger charge is 2.30. The molecule has 4 aromatic carbocycles. The number of carbonyl (C=O) groups excluding carboxylic acids is 2. The highest BCUT2D eigenvalue weighted by atomic mass is 35.5. The van der Waals surface area contributed by atoms with Gasteiger partial charge in [-0.2, -0.15) is 0 Å². The van der Waals surface area contributed by atoms with E-state index in [4.69, 9.17) is 93.6 Å². The Balaban J connectivity index is 0.914. The maximum Gasteiger partial charge on any atom is 0.332 e. The summed E-state index contributed by atoms with van der Waals surface area (Å²) in [7, 11) is -4.37. The highest BCUT2D eigenvalue weighted by molar-refractivity contribution is 7.52. The number of carbonyl (C=O) groups is 2. The highest BCUT2D eigenvalue weighted by Crippen LogP contribution is 2.47. The number of esters is 2. The number of nitrogens with zero attached hydrogens (tertiary/aromatic N) is 2. The molecule has 2 aliphatic rings. The van der Waals surface area contributed by atoms with Crippen LogP contribution in [0.2, 0.25) is 30.1 Å². The van der Waals surface area contributed by atoms with Gasteiger partial charge in [0.25, 0.3) is 0 Å². The quantitative estimate of drug-likeness (QED) is 0.0164. The summed E-state index contributed by atoms with van der Waals surface area (Å²) in [6, 6.07) is 31.7. The molecule has 7 aromatic rings. The summed E-state index contributed by atoms with van der Waals surface area (Å²) in [4.78, 5) is 55.7. The first kappa shape index (κ1) is 78.3. The Labute approximate surface area is 621 Å². The largest absolute Gasteiger partial charge is 0.462 e. The molecule has 12 nitrogen and oxygen atoms in total. The molecule has 19 heteroatoms. The van der Waals surface area contributed by atoms with Crippen molar-refractivity contribution < 1.29 is 33.0 Å². The molecule has 0 radical (unpaired) electrons. The fourth-order valence-electron chi connectivity index (χ4n) is 13.2. The van der Waals surface area contributed by atoms with E-state index in [1.54, 1.807) is 54.6 Å². The van der Waals surface area contributed by atoms with E-state index in [2.05, 4.69) is 29.1 Å². The van der Waals surface area contributed by atoms with Crippen molar-refractivity contribution >= 4 is 141 Å². The van der Waals surface area contributed by atoms with Gasteiger partial charge in [0, 0.05) is 86.1 Å². The molecule has 0 saturated heterocycles. The Morgan fingerprint density at radius 2 is 0.770 bits per heavy atom. The molecule has 0 spiro atoms. The van der Waals surface area contributed by atoms with Crippen molar-refractivity contribution in [3.8, 4) is 44.5 Å². The fraction of sp³-hybridized carbons (Fsp3) is 0.432. The Kier molecular flexibility index (Phi) is 31.9.